The van der Waals surface area contributed by atoms with Gasteiger partial charge in [-0.3, -0.25) is 0 Å². The third-order valence-corrected chi connectivity index (χ3v) is 9.90. The molecule has 0 unspecified atom stereocenters. The lowest BCUT2D eigenvalue weighted by Crippen LogP contribution is -2.51. The minimum Gasteiger partial charge on any atom is -0.455 e. The molecule has 0 aliphatic rings. The van der Waals surface area contributed by atoms with Gasteiger partial charge >= 0.3 is 0 Å². The third kappa shape index (κ3) is 9.72. The summed E-state index contributed by atoms with van der Waals surface area (Å²) in [4.78, 5) is 0. The molecule has 0 aliphatic carbocycles. The number of nitrogens with two attached hydrogens (primary N) is 2. The molecular weight excluding hydrogens is 272 g/mol. The summed E-state index contributed by atoms with van der Waals surface area (Å²) in [6.07, 6.45) is 0. The topological polar surface area (TPSA) is 85.3 Å². The second kappa shape index (κ2) is 9.22. The van der Waals surface area contributed by atoms with Crippen molar-refractivity contribution < 1.29 is 4.12 Å². The van der Waals surface area contributed by atoms with Gasteiger partial charge in [0.05, 0.1) is 0 Å². The maximum atomic E-state index is 6.48. The van der Waals surface area contributed by atoms with Crippen LogP contribution in [0.25, 0.3) is 0 Å². The van der Waals surface area contributed by atoms with Crippen molar-refractivity contribution in [2.75, 3.05) is 39.3 Å². The first-order chi connectivity index (χ1) is 8.73. The molecule has 0 saturated carbocycles. The first kappa shape index (κ1) is 19.2. The van der Waals surface area contributed by atoms with Crippen LogP contribution in [0.3, 0.4) is 0 Å². The summed E-state index contributed by atoms with van der Waals surface area (Å²) in [6.45, 7) is 16.5. The molecule has 0 aromatic heterocycles. The van der Waals surface area contributed by atoms with E-state index in [9.17, 15) is 0 Å². The fourth-order valence-corrected chi connectivity index (χ4v) is 10.4. The van der Waals surface area contributed by atoms with Gasteiger partial charge in [0.25, 0.3) is 0 Å². The molecule has 0 aliphatic heterocycles. The minimum absolute atomic E-state index is 0.539. The fourth-order valence-electron chi connectivity index (χ4n) is 2.19. The van der Waals surface area contributed by atoms with Crippen LogP contribution in [0.1, 0.15) is 0 Å². The molecule has 6 N–H and O–H groups in total. The Kier molecular flexibility index (Phi) is 9.33. The van der Waals surface area contributed by atoms with Crippen molar-refractivity contribution in [2.24, 2.45) is 11.5 Å². The van der Waals surface area contributed by atoms with Crippen LogP contribution in [0.5, 0.6) is 0 Å². The van der Waals surface area contributed by atoms with Crippen molar-refractivity contribution in [3.8, 4) is 0 Å². The van der Waals surface area contributed by atoms with Gasteiger partial charge in [-0.25, -0.2) is 0 Å². The number of hydrogen-bond acceptors (Lipinski definition) is 5. The second-order valence-electron chi connectivity index (χ2n) is 6.50. The molecule has 7 heteroatoms. The maximum Gasteiger partial charge on any atom is 0.179 e. The standard InChI is InChI=1S/C12H34N4OSi2/c1-18(2,3)17-19(4,5)12(10-15-8-6-13)11-16-9-7-14/h12,15-16H,6-11,13-14H2,1-5H3. The summed E-state index contributed by atoms with van der Waals surface area (Å²) in [5.74, 6) is 0. The van der Waals surface area contributed by atoms with Gasteiger partial charge in [0.15, 0.2) is 16.6 Å². The van der Waals surface area contributed by atoms with Gasteiger partial charge in [-0.1, -0.05) is 0 Å². The molecule has 0 atom stereocenters. The van der Waals surface area contributed by atoms with Crippen LogP contribution in [-0.4, -0.2) is 55.9 Å². The van der Waals surface area contributed by atoms with E-state index in [0.717, 1.165) is 26.2 Å². The van der Waals surface area contributed by atoms with Crippen LogP contribution in [-0.2, 0) is 4.12 Å². The van der Waals surface area contributed by atoms with Gasteiger partial charge in [-0.15, -0.1) is 0 Å². The molecule has 0 aromatic carbocycles. The average molecular weight is 307 g/mol. The second-order valence-corrected chi connectivity index (χ2v) is 15.6. The van der Waals surface area contributed by atoms with Gasteiger partial charge in [0.1, 0.15) is 0 Å². The van der Waals surface area contributed by atoms with Gasteiger partial charge in [0.2, 0.25) is 0 Å². The summed E-state index contributed by atoms with van der Waals surface area (Å²) in [7, 11) is -3.21. The van der Waals surface area contributed by atoms with Gasteiger partial charge in [0, 0.05) is 31.7 Å². The molecule has 19 heavy (non-hydrogen) atoms. The van der Waals surface area contributed by atoms with Crippen LogP contribution < -0.4 is 22.1 Å². The first-order valence-electron chi connectivity index (χ1n) is 7.24. The Bertz CT molecular complexity index is 224. The molecule has 0 spiro atoms. The highest BCUT2D eigenvalue weighted by Gasteiger charge is 2.36. The van der Waals surface area contributed by atoms with E-state index in [1.807, 2.05) is 0 Å². The van der Waals surface area contributed by atoms with Gasteiger partial charge < -0.3 is 26.2 Å². The van der Waals surface area contributed by atoms with E-state index in [-0.39, 0.29) is 0 Å². The van der Waals surface area contributed by atoms with Gasteiger partial charge in [-0.05, 0) is 45.8 Å². The van der Waals surface area contributed by atoms with E-state index in [1.54, 1.807) is 0 Å². The lowest BCUT2D eigenvalue weighted by atomic mass is 10.4. The van der Waals surface area contributed by atoms with Crippen LogP contribution in [0.15, 0.2) is 0 Å². The molecule has 5 nitrogen and oxygen atoms in total. The van der Waals surface area contributed by atoms with E-state index in [1.165, 1.54) is 0 Å². The Morgan fingerprint density at radius 3 is 1.63 bits per heavy atom. The molecule has 0 rings (SSSR count). The summed E-state index contributed by atoms with van der Waals surface area (Å²) in [5, 5.41) is 6.86. The number of nitrogens with one attached hydrogen (secondary N) is 2. The molecule has 0 fully saturated rings. The summed E-state index contributed by atoms with van der Waals surface area (Å²) in [5.41, 5.74) is 11.6. The summed E-state index contributed by atoms with van der Waals surface area (Å²) >= 11 is 0. The normalized spacial score (nSPS) is 13.3. The van der Waals surface area contributed by atoms with E-state index >= 15 is 0 Å². The molecule has 0 aromatic rings. The zero-order valence-electron chi connectivity index (χ0n) is 13.4. The quantitative estimate of drug-likeness (QED) is 0.330. The van der Waals surface area contributed by atoms with Crippen molar-refractivity contribution in [3.63, 3.8) is 0 Å². The Labute approximate surface area is 121 Å². The predicted octanol–water partition coefficient (Wildman–Crippen LogP) is 0.510. The minimum atomic E-state index is -1.71. The lowest BCUT2D eigenvalue weighted by Gasteiger charge is -2.38. The van der Waals surface area contributed by atoms with Crippen molar-refractivity contribution in [3.05, 3.63) is 0 Å². The van der Waals surface area contributed by atoms with E-state index < -0.39 is 16.6 Å². The lowest BCUT2D eigenvalue weighted by molar-refractivity contribution is 0.491. The van der Waals surface area contributed by atoms with Crippen LogP contribution in [0.2, 0.25) is 38.3 Å². The molecular formula is C12H34N4OSi2. The third-order valence-electron chi connectivity index (χ3n) is 2.98. The van der Waals surface area contributed by atoms with Crippen molar-refractivity contribution in [2.45, 2.75) is 38.3 Å². The Morgan fingerprint density at radius 2 is 1.32 bits per heavy atom. The molecule has 116 valence electrons. The van der Waals surface area contributed by atoms with E-state index in [0.29, 0.717) is 18.6 Å². The average Bonchev–Trinajstić information content (AvgIpc) is 2.24. The van der Waals surface area contributed by atoms with Crippen molar-refractivity contribution in [1.82, 2.24) is 10.6 Å². The SMILES string of the molecule is C[Si](C)(C)O[Si](C)(C)C(CNCCN)CNCCN. The highest BCUT2D eigenvalue weighted by atomic mass is 28.4. The maximum absolute atomic E-state index is 6.48. The Hall–Kier alpha value is 0.234. The van der Waals surface area contributed by atoms with Crippen molar-refractivity contribution in [1.29, 1.82) is 0 Å². The highest BCUT2D eigenvalue weighted by Crippen LogP contribution is 2.25. The van der Waals surface area contributed by atoms with Crippen molar-refractivity contribution >= 4 is 16.6 Å². The molecule has 0 saturated heterocycles. The summed E-state index contributed by atoms with van der Waals surface area (Å²) in [6, 6.07) is 0. The number of rotatable bonds is 11. The summed E-state index contributed by atoms with van der Waals surface area (Å²) < 4.78 is 6.48. The first-order valence-corrected chi connectivity index (χ1v) is 13.6. The van der Waals surface area contributed by atoms with Crippen LogP contribution >= 0.6 is 0 Å². The monoisotopic (exact) mass is 306 g/mol. The predicted molar refractivity (Wildman–Crippen MR) is 89.5 cm³/mol. The molecule has 0 bridgehead atoms. The smallest absolute Gasteiger partial charge is 0.179 e. The highest BCUT2D eigenvalue weighted by molar-refractivity contribution is 6.85. The molecule has 0 heterocycles. The zero-order chi connectivity index (χ0) is 14.9. The Balaban J connectivity index is 4.49. The van der Waals surface area contributed by atoms with Crippen LogP contribution in [0, 0.1) is 0 Å². The van der Waals surface area contributed by atoms with Gasteiger partial charge in [-0.2, -0.15) is 0 Å². The fraction of sp³-hybridized carbons (Fsp3) is 1.00. The zero-order valence-corrected chi connectivity index (χ0v) is 15.4. The van der Waals surface area contributed by atoms with Crippen LogP contribution in [0.4, 0.5) is 0 Å². The number of hydrogen-bond donors (Lipinski definition) is 4. The largest absolute Gasteiger partial charge is 0.455 e. The van der Waals surface area contributed by atoms with E-state index in [4.69, 9.17) is 15.6 Å². The Morgan fingerprint density at radius 1 is 0.895 bits per heavy atom. The molecule has 0 amide bonds. The molecule has 0 radical (unpaired) electrons. The van der Waals surface area contributed by atoms with E-state index in [2.05, 4.69) is 43.4 Å².